The summed E-state index contributed by atoms with van der Waals surface area (Å²) < 4.78 is 13.4. The molecule has 1 aromatic heterocycles. The molecule has 1 saturated heterocycles. The van der Waals surface area contributed by atoms with Crippen molar-refractivity contribution < 1.29 is 14.3 Å². The number of likely N-dealkylation sites (tertiary alicyclic amines) is 1. The molecular weight excluding hydrogens is 368 g/mol. The first kappa shape index (κ1) is 19.9. The summed E-state index contributed by atoms with van der Waals surface area (Å²) in [6, 6.07) is 7.74. The Morgan fingerprint density at radius 1 is 1.21 bits per heavy atom. The smallest absolute Gasteiger partial charge is 0.252 e. The number of nitrogens with zero attached hydrogens (tertiary/aromatic N) is 4. The van der Waals surface area contributed by atoms with Crippen LogP contribution in [0.4, 0.5) is 0 Å². The third-order valence-electron chi connectivity index (χ3n) is 5.95. The molecule has 2 aliphatic heterocycles. The lowest BCUT2D eigenvalue weighted by Crippen LogP contribution is -2.39. The van der Waals surface area contributed by atoms with E-state index in [2.05, 4.69) is 14.8 Å². The number of hydrogen-bond donors (Lipinski definition) is 0. The van der Waals surface area contributed by atoms with E-state index in [-0.39, 0.29) is 11.9 Å². The molecule has 0 radical (unpaired) electrons. The van der Waals surface area contributed by atoms with Gasteiger partial charge in [-0.1, -0.05) is 18.6 Å². The summed E-state index contributed by atoms with van der Waals surface area (Å²) in [7, 11) is 1.64. The van der Waals surface area contributed by atoms with E-state index >= 15 is 0 Å². The first-order chi connectivity index (χ1) is 14.2. The SMILES string of the molecule is COc1cccc(CO[C@@H](C)C(=O)N2CCC[C@H]2c2nnc3n2CCCCC3)c1. The molecule has 0 saturated carbocycles. The maximum absolute atomic E-state index is 13.2. The van der Waals surface area contributed by atoms with E-state index in [0.717, 1.165) is 61.7 Å². The number of benzene rings is 1. The summed E-state index contributed by atoms with van der Waals surface area (Å²) in [5, 5.41) is 8.91. The van der Waals surface area contributed by atoms with Gasteiger partial charge in [0, 0.05) is 19.5 Å². The van der Waals surface area contributed by atoms with Gasteiger partial charge >= 0.3 is 0 Å². The minimum absolute atomic E-state index is 0.00437. The van der Waals surface area contributed by atoms with Gasteiger partial charge in [-0.05, 0) is 50.3 Å². The van der Waals surface area contributed by atoms with Crippen LogP contribution in [0.5, 0.6) is 5.75 Å². The van der Waals surface area contributed by atoms with E-state index in [0.29, 0.717) is 6.61 Å². The number of carbonyl (C=O) groups excluding carboxylic acids is 1. The Morgan fingerprint density at radius 2 is 2.10 bits per heavy atom. The molecule has 0 unspecified atom stereocenters. The van der Waals surface area contributed by atoms with Crippen LogP contribution in [0.1, 0.15) is 62.3 Å². The van der Waals surface area contributed by atoms with Crippen LogP contribution >= 0.6 is 0 Å². The number of rotatable bonds is 6. The zero-order valence-corrected chi connectivity index (χ0v) is 17.3. The molecule has 1 aromatic carbocycles. The molecule has 0 aliphatic carbocycles. The number of methoxy groups -OCH3 is 1. The van der Waals surface area contributed by atoms with Gasteiger partial charge in [0.25, 0.3) is 5.91 Å². The molecule has 4 rings (SSSR count). The second-order valence-electron chi connectivity index (χ2n) is 7.93. The molecule has 0 spiro atoms. The number of aryl methyl sites for hydroxylation is 1. The van der Waals surface area contributed by atoms with Gasteiger partial charge in [-0.2, -0.15) is 0 Å². The molecule has 7 heteroatoms. The standard InChI is InChI=1S/C22H30N4O3/c1-16(29-15-17-8-6-9-18(14-17)28-2)22(27)25-13-7-10-19(25)21-24-23-20-11-4-3-5-12-26(20)21/h6,8-9,14,16,19H,3-5,7,10-13,15H2,1-2H3/t16-,19-/m0/s1. The minimum atomic E-state index is -0.506. The van der Waals surface area contributed by atoms with Gasteiger partial charge in [0.1, 0.15) is 17.7 Å². The third kappa shape index (κ3) is 4.29. The number of hydrogen-bond acceptors (Lipinski definition) is 5. The molecule has 7 nitrogen and oxygen atoms in total. The molecular formula is C22H30N4O3. The van der Waals surface area contributed by atoms with Crippen LogP contribution in [0, 0.1) is 0 Å². The Labute approximate surface area is 172 Å². The van der Waals surface area contributed by atoms with E-state index in [9.17, 15) is 4.79 Å². The molecule has 1 amide bonds. The van der Waals surface area contributed by atoms with Gasteiger partial charge in [-0.3, -0.25) is 4.79 Å². The second kappa shape index (κ2) is 8.95. The average molecular weight is 399 g/mol. The molecule has 0 bridgehead atoms. The summed E-state index contributed by atoms with van der Waals surface area (Å²) in [6.45, 7) is 3.92. The largest absolute Gasteiger partial charge is 0.497 e. The molecule has 29 heavy (non-hydrogen) atoms. The van der Waals surface area contributed by atoms with Crippen molar-refractivity contribution in [2.24, 2.45) is 0 Å². The monoisotopic (exact) mass is 398 g/mol. The maximum Gasteiger partial charge on any atom is 0.252 e. The molecule has 1 fully saturated rings. The summed E-state index contributed by atoms with van der Waals surface area (Å²) in [5.41, 5.74) is 0.991. The van der Waals surface area contributed by atoms with Crippen LogP contribution in [-0.2, 0) is 29.1 Å². The van der Waals surface area contributed by atoms with Crippen LogP contribution < -0.4 is 4.74 Å². The van der Waals surface area contributed by atoms with E-state index in [1.807, 2.05) is 36.1 Å². The lowest BCUT2D eigenvalue weighted by atomic mass is 10.2. The second-order valence-corrected chi connectivity index (χ2v) is 7.93. The Bertz CT molecular complexity index is 850. The maximum atomic E-state index is 13.2. The topological polar surface area (TPSA) is 69.5 Å². The fraction of sp³-hybridized carbons (Fsp3) is 0.591. The first-order valence-electron chi connectivity index (χ1n) is 10.6. The number of aromatic nitrogens is 3. The van der Waals surface area contributed by atoms with Crippen molar-refractivity contribution in [2.45, 2.75) is 70.7 Å². The van der Waals surface area contributed by atoms with Crippen LogP contribution in [0.25, 0.3) is 0 Å². The fourth-order valence-electron chi connectivity index (χ4n) is 4.34. The highest BCUT2D eigenvalue weighted by atomic mass is 16.5. The lowest BCUT2D eigenvalue weighted by molar-refractivity contribution is -0.144. The predicted octanol–water partition coefficient (Wildman–Crippen LogP) is 3.28. The normalized spacial score (nSPS) is 20.2. The van der Waals surface area contributed by atoms with Crippen molar-refractivity contribution in [1.82, 2.24) is 19.7 Å². The quantitative estimate of drug-likeness (QED) is 0.747. The number of carbonyl (C=O) groups is 1. The van der Waals surface area contributed by atoms with Crippen LogP contribution in [0.15, 0.2) is 24.3 Å². The number of amides is 1. The van der Waals surface area contributed by atoms with Gasteiger partial charge in [0.15, 0.2) is 5.82 Å². The van der Waals surface area contributed by atoms with Crippen molar-refractivity contribution >= 4 is 5.91 Å². The summed E-state index contributed by atoms with van der Waals surface area (Å²) in [5.74, 6) is 2.84. The van der Waals surface area contributed by atoms with Crippen molar-refractivity contribution in [3.05, 3.63) is 41.5 Å². The van der Waals surface area contributed by atoms with Crippen molar-refractivity contribution in [1.29, 1.82) is 0 Å². The Balaban J connectivity index is 1.43. The summed E-state index contributed by atoms with van der Waals surface area (Å²) in [6.07, 6.45) is 5.94. The van der Waals surface area contributed by atoms with Crippen molar-refractivity contribution in [2.75, 3.05) is 13.7 Å². The average Bonchev–Trinajstić information content (AvgIpc) is 3.32. The van der Waals surface area contributed by atoms with Gasteiger partial charge in [0.2, 0.25) is 0 Å². The zero-order chi connectivity index (χ0) is 20.2. The molecule has 156 valence electrons. The van der Waals surface area contributed by atoms with E-state index < -0.39 is 6.10 Å². The Hall–Kier alpha value is -2.41. The van der Waals surface area contributed by atoms with Gasteiger partial charge in [-0.15, -0.1) is 10.2 Å². The molecule has 2 aliphatic rings. The Kier molecular flexibility index (Phi) is 6.13. The molecule has 0 N–H and O–H groups in total. The molecule has 2 aromatic rings. The highest BCUT2D eigenvalue weighted by Crippen LogP contribution is 2.33. The van der Waals surface area contributed by atoms with Crippen LogP contribution in [0.2, 0.25) is 0 Å². The van der Waals surface area contributed by atoms with Gasteiger partial charge in [-0.25, -0.2) is 0 Å². The third-order valence-corrected chi connectivity index (χ3v) is 5.95. The number of fused-ring (bicyclic) bond motifs is 1. The predicted molar refractivity (Wildman–Crippen MR) is 109 cm³/mol. The van der Waals surface area contributed by atoms with Crippen LogP contribution in [-0.4, -0.2) is 45.3 Å². The van der Waals surface area contributed by atoms with Crippen LogP contribution in [0.3, 0.4) is 0 Å². The van der Waals surface area contributed by atoms with E-state index in [4.69, 9.17) is 9.47 Å². The van der Waals surface area contributed by atoms with E-state index in [1.165, 1.54) is 12.8 Å². The fourth-order valence-corrected chi connectivity index (χ4v) is 4.34. The molecule has 2 atom stereocenters. The first-order valence-corrected chi connectivity index (χ1v) is 10.6. The van der Waals surface area contributed by atoms with E-state index in [1.54, 1.807) is 7.11 Å². The minimum Gasteiger partial charge on any atom is -0.497 e. The number of ether oxygens (including phenoxy) is 2. The van der Waals surface area contributed by atoms with Gasteiger partial charge < -0.3 is 18.9 Å². The zero-order valence-electron chi connectivity index (χ0n) is 17.3. The van der Waals surface area contributed by atoms with Gasteiger partial charge in [0.05, 0.1) is 19.8 Å². The van der Waals surface area contributed by atoms with Crippen molar-refractivity contribution in [3.63, 3.8) is 0 Å². The summed E-state index contributed by atoms with van der Waals surface area (Å²) in [4.78, 5) is 15.1. The van der Waals surface area contributed by atoms with Crippen molar-refractivity contribution in [3.8, 4) is 5.75 Å². The summed E-state index contributed by atoms with van der Waals surface area (Å²) >= 11 is 0. The lowest BCUT2D eigenvalue weighted by Gasteiger charge is -2.27. The highest BCUT2D eigenvalue weighted by molar-refractivity contribution is 5.81. The molecule has 3 heterocycles. The Morgan fingerprint density at radius 3 is 2.97 bits per heavy atom. The highest BCUT2D eigenvalue weighted by Gasteiger charge is 2.36.